The average molecular weight is 456 g/mol. The van der Waals surface area contributed by atoms with Crippen LogP contribution in [0.2, 0.25) is 0 Å². The van der Waals surface area contributed by atoms with Gasteiger partial charge >= 0.3 is 0 Å². The van der Waals surface area contributed by atoms with Crippen molar-refractivity contribution in [2.75, 3.05) is 0 Å². The summed E-state index contributed by atoms with van der Waals surface area (Å²) in [4.78, 5) is 49.2. The number of hydrogen-bond donors (Lipinski definition) is 3. The van der Waals surface area contributed by atoms with Crippen LogP contribution in [-0.4, -0.2) is 33.9 Å². The van der Waals surface area contributed by atoms with Gasteiger partial charge in [0.25, 0.3) is 17.4 Å². The van der Waals surface area contributed by atoms with Crippen LogP contribution in [0.4, 0.5) is 0 Å². The van der Waals surface area contributed by atoms with Crippen LogP contribution in [-0.2, 0) is 4.79 Å². The summed E-state index contributed by atoms with van der Waals surface area (Å²) in [6.07, 6.45) is -0.948. The molecule has 0 aliphatic heterocycles. The second-order valence-electron chi connectivity index (χ2n) is 7.37. The van der Waals surface area contributed by atoms with E-state index >= 15 is 0 Å². The fraction of sp³-hybridized carbons (Fsp3) is 0.0800. The van der Waals surface area contributed by atoms with Crippen molar-refractivity contribution in [1.29, 1.82) is 0 Å². The number of H-pyrrole nitrogens is 1. The van der Waals surface area contributed by atoms with Crippen LogP contribution >= 0.6 is 0 Å². The van der Waals surface area contributed by atoms with Crippen molar-refractivity contribution in [3.8, 4) is 5.75 Å². The molecule has 3 aromatic carbocycles. The fourth-order valence-electron chi connectivity index (χ4n) is 3.27. The minimum absolute atomic E-state index is 0.0391. The van der Waals surface area contributed by atoms with Crippen molar-refractivity contribution in [2.45, 2.75) is 13.0 Å². The number of ether oxygens (including phenoxy) is 1. The number of nitrogens with zero attached hydrogens (tertiary/aromatic N) is 1. The molecule has 1 aromatic heterocycles. The lowest BCUT2D eigenvalue weighted by atomic mass is 10.0. The van der Waals surface area contributed by atoms with E-state index in [0.717, 1.165) is 0 Å². The Morgan fingerprint density at radius 3 is 2.15 bits per heavy atom. The topological polar surface area (TPSA) is 130 Å². The number of hydrogen-bond acceptors (Lipinski definition) is 6. The van der Waals surface area contributed by atoms with E-state index in [1.807, 2.05) is 6.07 Å². The van der Waals surface area contributed by atoms with Gasteiger partial charge in [0, 0.05) is 16.5 Å². The van der Waals surface area contributed by atoms with Crippen LogP contribution < -0.4 is 21.1 Å². The van der Waals surface area contributed by atoms with E-state index in [2.05, 4.69) is 21.0 Å². The molecular weight excluding hydrogens is 436 g/mol. The number of hydrazine groups is 1. The summed E-state index contributed by atoms with van der Waals surface area (Å²) in [5.74, 6) is -1.04. The van der Waals surface area contributed by atoms with E-state index in [9.17, 15) is 19.2 Å². The molecule has 1 unspecified atom stereocenters. The molecule has 34 heavy (non-hydrogen) atoms. The molecule has 0 saturated heterocycles. The lowest BCUT2D eigenvalue weighted by molar-refractivity contribution is -0.128. The molecule has 9 nitrogen and oxygen atoms in total. The van der Waals surface area contributed by atoms with Crippen molar-refractivity contribution in [3.05, 3.63) is 106 Å². The summed E-state index contributed by atoms with van der Waals surface area (Å²) in [6.45, 7) is 1.51. The first kappa shape index (κ1) is 22.4. The highest BCUT2D eigenvalue weighted by atomic mass is 16.5. The van der Waals surface area contributed by atoms with Crippen molar-refractivity contribution < 1.29 is 19.1 Å². The maximum Gasteiger partial charge on any atom is 0.290 e. The number of fused-ring (bicyclic) bond motifs is 1. The first-order chi connectivity index (χ1) is 16.4. The summed E-state index contributed by atoms with van der Waals surface area (Å²) in [7, 11) is 0. The van der Waals surface area contributed by atoms with E-state index in [4.69, 9.17) is 4.74 Å². The van der Waals surface area contributed by atoms with Crippen LogP contribution in [0.5, 0.6) is 5.75 Å². The van der Waals surface area contributed by atoms with Gasteiger partial charge in [-0.25, -0.2) is 5.10 Å². The molecule has 9 heteroatoms. The Bertz CT molecular complexity index is 1410. The highest BCUT2D eigenvalue weighted by molar-refractivity contribution is 6.09. The van der Waals surface area contributed by atoms with Crippen LogP contribution in [0.25, 0.3) is 10.8 Å². The standard InChI is InChI=1S/C25H20N4O5/c1-15(34-18-13-11-17(12-14-18)22(30)16-7-3-2-4-8-16)23(31)27-29-25(33)21-19-9-5-6-10-20(19)24(32)28-26-21/h2-15H,1H3,(H,27,31)(H,28,32)(H,29,33). The van der Waals surface area contributed by atoms with E-state index in [1.165, 1.54) is 6.92 Å². The van der Waals surface area contributed by atoms with Gasteiger partial charge in [-0.1, -0.05) is 48.5 Å². The van der Waals surface area contributed by atoms with E-state index in [1.54, 1.807) is 72.8 Å². The van der Waals surface area contributed by atoms with Crippen LogP contribution in [0.1, 0.15) is 33.3 Å². The van der Waals surface area contributed by atoms with Gasteiger partial charge in [0.15, 0.2) is 17.6 Å². The molecule has 0 spiro atoms. The van der Waals surface area contributed by atoms with Gasteiger partial charge in [0.05, 0.1) is 5.39 Å². The Balaban J connectivity index is 1.35. The van der Waals surface area contributed by atoms with Gasteiger partial charge in [0.2, 0.25) is 0 Å². The van der Waals surface area contributed by atoms with Crippen molar-refractivity contribution >= 4 is 28.4 Å². The Labute approximate surface area is 193 Å². The average Bonchev–Trinajstić information content (AvgIpc) is 2.88. The summed E-state index contributed by atoms with van der Waals surface area (Å²) in [6, 6.07) is 21.8. The zero-order valence-corrected chi connectivity index (χ0v) is 18.1. The molecule has 4 aromatic rings. The minimum Gasteiger partial charge on any atom is -0.481 e. The Kier molecular flexibility index (Phi) is 6.45. The van der Waals surface area contributed by atoms with Gasteiger partial charge in [-0.05, 0) is 37.3 Å². The Morgan fingerprint density at radius 2 is 1.44 bits per heavy atom. The first-order valence-corrected chi connectivity index (χ1v) is 10.4. The van der Waals surface area contributed by atoms with Gasteiger partial charge in [0.1, 0.15) is 5.75 Å². The molecule has 0 aliphatic carbocycles. The molecule has 0 aliphatic rings. The number of carbonyl (C=O) groups is 3. The number of aromatic nitrogens is 2. The molecule has 3 N–H and O–H groups in total. The van der Waals surface area contributed by atoms with Gasteiger partial charge in [-0.15, -0.1) is 0 Å². The molecule has 0 radical (unpaired) electrons. The van der Waals surface area contributed by atoms with E-state index in [-0.39, 0.29) is 11.5 Å². The van der Waals surface area contributed by atoms with E-state index < -0.39 is 23.5 Å². The zero-order chi connectivity index (χ0) is 24.1. The molecule has 4 rings (SSSR count). The fourth-order valence-corrected chi connectivity index (χ4v) is 3.27. The number of carbonyl (C=O) groups excluding carboxylic acids is 3. The molecule has 170 valence electrons. The summed E-state index contributed by atoms with van der Waals surface area (Å²) in [5, 5.41) is 6.70. The van der Waals surface area contributed by atoms with Crippen LogP contribution in [0.3, 0.4) is 0 Å². The lowest BCUT2D eigenvalue weighted by Crippen LogP contribution is -2.47. The number of amides is 2. The highest BCUT2D eigenvalue weighted by Crippen LogP contribution is 2.17. The quantitative estimate of drug-likeness (QED) is 0.302. The Morgan fingerprint density at radius 1 is 0.824 bits per heavy atom. The molecule has 1 heterocycles. The SMILES string of the molecule is CC(Oc1ccc(C(=O)c2ccccc2)cc1)C(=O)NNC(=O)c1n[nH]c(=O)c2ccccc12. The number of benzene rings is 3. The maximum atomic E-state index is 12.5. The number of aromatic amines is 1. The predicted octanol–water partition coefficient (Wildman–Crippen LogP) is 2.38. The molecule has 0 saturated carbocycles. The first-order valence-electron chi connectivity index (χ1n) is 10.4. The molecule has 0 fully saturated rings. The molecule has 0 bridgehead atoms. The van der Waals surface area contributed by atoms with Crippen molar-refractivity contribution in [3.63, 3.8) is 0 Å². The second kappa shape index (κ2) is 9.78. The summed E-state index contributed by atoms with van der Waals surface area (Å²) >= 11 is 0. The predicted molar refractivity (Wildman–Crippen MR) is 124 cm³/mol. The van der Waals surface area contributed by atoms with Crippen molar-refractivity contribution in [2.24, 2.45) is 0 Å². The number of rotatable bonds is 6. The molecule has 2 amide bonds. The third-order valence-corrected chi connectivity index (χ3v) is 5.04. The summed E-state index contributed by atoms with van der Waals surface area (Å²) < 4.78 is 5.60. The second-order valence-corrected chi connectivity index (χ2v) is 7.37. The normalized spacial score (nSPS) is 11.4. The van der Waals surface area contributed by atoms with Gasteiger partial charge in [-0.2, -0.15) is 5.10 Å². The number of nitrogens with one attached hydrogen (secondary N) is 3. The lowest BCUT2D eigenvalue weighted by Gasteiger charge is -2.15. The molecule has 1 atom stereocenters. The smallest absolute Gasteiger partial charge is 0.290 e. The zero-order valence-electron chi connectivity index (χ0n) is 18.1. The van der Waals surface area contributed by atoms with E-state index in [0.29, 0.717) is 27.6 Å². The third-order valence-electron chi connectivity index (χ3n) is 5.04. The minimum atomic E-state index is -0.948. The Hall–Kier alpha value is -4.79. The third kappa shape index (κ3) is 4.83. The van der Waals surface area contributed by atoms with Crippen molar-refractivity contribution in [1.82, 2.24) is 21.0 Å². The van der Waals surface area contributed by atoms with Crippen LogP contribution in [0, 0.1) is 0 Å². The monoisotopic (exact) mass is 456 g/mol. The maximum absolute atomic E-state index is 12.5. The van der Waals surface area contributed by atoms with Gasteiger partial charge < -0.3 is 4.74 Å². The highest BCUT2D eigenvalue weighted by Gasteiger charge is 2.19. The largest absolute Gasteiger partial charge is 0.481 e. The van der Waals surface area contributed by atoms with Crippen LogP contribution in [0.15, 0.2) is 83.7 Å². The number of ketones is 1. The molecular formula is C25H20N4O5. The van der Waals surface area contributed by atoms with Gasteiger partial charge in [-0.3, -0.25) is 30.0 Å². The summed E-state index contributed by atoms with van der Waals surface area (Å²) in [5.41, 5.74) is 5.16.